The third kappa shape index (κ3) is 32.5. The van der Waals surface area contributed by atoms with Gasteiger partial charge in [0.05, 0.1) is 13.3 Å². The SMILES string of the molecule is CCCCCCCCCCCCCCCCC(C)N(C(=O)CCC(=O)NCNC(=O)C(CCC(=O)NCCO)NC(=O)C1CCC(=O)N1)C(C)CCCCCCCCCCCCCCCC. The van der Waals surface area contributed by atoms with Crippen LogP contribution in [0.15, 0.2) is 0 Å². The van der Waals surface area contributed by atoms with Crippen molar-refractivity contribution in [2.75, 3.05) is 19.8 Å². The first-order chi connectivity index (χ1) is 32.0. The first-order valence-electron chi connectivity index (χ1n) is 27.4. The van der Waals surface area contributed by atoms with Gasteiger partial charge >= 0.3 is 0 Å². The maximum Gasteiger partial charge on any atom is 0.243 e. The van der Waals surface area contributed by atoms with Crippen molar-refractivity contribution in [2.45, 2.75) is 283 Å². The summed E-state index contributed by atoms with van der Waals surface area (Å²) in [4.78, 5) is 78.7. The zero-order valence-electron chi connectivity index (χ0n) is 42.7. The van der Waals surface area contributed by atoms with Crippen molar-refractivity contribution in [1.82, 2.24) is 31.5 Å². The van der Waals surface area contributed by atoms with Gasteiger partial charge in [0.2, 0.25) is 35.4 Å². The van der Waals surface area contributed by atoms with Gasteiger partial charge in [-0.1, -0.05) is 194 Å². The number of unbranched alkanes of at least 4 members (excludes halogenated alkanes) is 26. The molecular formula is C53H100N6O7. The highest BCUT2D eigenvalue weighted by Gasteiger charge is 2.31. The smallest absolute Gasteiger partial charge is 0.243 e. The van der Waals surface area contributed by atoms with Crippen molar-refractivity contribution in [3.63, 3.8) is 0 Å². The summed E-state index contributed by atoms with van der Waals surface area (Å²) in [5.74, 6) is -2.16. The highest BCUT2D eigenvalue weighted by atomic mass is 16.3. The molecule has 0 radical (unpaired) electrons. The number of hydrogen-bond acceptors (Lipinski definition) is 7. The molecule has 0 aliphatic carbocycles. The van der Waals surface area contributed by atoms with Crippen molar-refractivity contribution in [3.8, 4) is 0 Å². The predicted molar refractivity (Wildman–Crippen MR) is 268 cm³/mol. The van der Waals surface area contributed by atoms with Crippen molar-refractivity contribution < 1.29 is 33.9 Å². The average molecular weight is 933 g/mol. The van der Waals surface area contributed by atoms with Gasteiger partial charge in [-0.2, -0.15) is 0 Å². The van der Waals surface area contributed by atoms with E-state index in [0.29, 0.717) is 6.42 Å². The van der Waals surface area contributed by atoms with Crippen molar-refractivity contribution >= 4 is 35.4 Å². The lowest BCUT2D eigenvalue weighted by Crippen LogP contribution is -2.53. The van der Waals surface area contributed by atoms with Crippen LogP contribution in [0, 0.1) is 0 Å². The third-order valence-corrected chi connectivity index (χ3v) is 13.3. The van der Waals surface area contributed by atoms with Gasteiger partial charge in [0.15, 0.2) is 0 Å². The fourth-order valence-electron chi connectivity index (χ4n) is 9.17. The standard InChI is InChI=1S/C53H100N6O7/c1-5-7-9-11-13-15-17-19-21-23-25-27-29-31-33-44(3)59(45(4)34-32-30-28-26-24-22-20-18-16-14-12-10-8-6-2)51(64)40-39-49(62)55-43-56-52(65)46(35-37-48(61)54-41-42-60)58-53(66)47-36-38-50(63)57-47/h44-47,60H,5-43H2,1-4H3,(H,54,61)(H,55,62)(H,56,65)(H,57,63)(H,58,66). The first-order valence-corrected chi connectivity index (χ1v) is 27.4. The van der Waals surface area contributed by atoms with Gasteiger partial charge in [0, 0.05) is 44.3 Å². The van der Waals surface area contributed by atoms with Gasteiger partial charge in [-0.3, -0.25) is 28.8 Å². The molecule has 6 N–H and O–H groups in total. The van der Waals surface area contributed by atoms with Crippen LogP contribution in [0.3, 0.4) is 0 Å². The molecule has 66 heavy (non-hydrogen) atoms. The predicted octanol–water partition coefficient (Wildman–Crippen LogP) is 9.96. The van der Waals surface area contributed by atoms with E-state index in [1.54, 1.807) is 0 Å². The Hall–Kier alpha value is -3.22. The Morgan fingerprint density at radius 1 is 0.576 bits per heavy atom. The molecule has 384 valence electrons. The number of amides is 6. The van der Waals surface area contributed by atoms with E-state index >= 15 is 0 Å². The Morgan fingerprint density at radius 2 is 1.00 bits per heavy atom. The van der Waals surface area contributed by atoms with Gasteiger partial charge in [-0.25, -0.2) is 0 Å². The number of rotatable bonds is 45. The summed E-state index contributed by atoms with van der Waals surface area (Å²) < 4.78 is 0. The summed E-state index contributed by atoms with van der Waals surface area (Å²) in [6, 6.07) is -1.70. The van der Waals surface area contributed by atoms with Gasteiger partial charge in [0.1, 0.15) is 12.1 Å². The Bertz CT molecular complexity index is 1250. The lowest BCUT2D eigenvalue weighted by molar-refractivity contribution is -0.138. The second kappa shape index (κ2) is 41.9. The number of nitrogens with one attached hydrogen (secondary N) is 5. The van der Waals surface area contributed by atoms with Crippen LogP contribution in [-0.4, -0.2) is 89.4 Å². The minimum absolute atomic E-state index is 0.0189. The molecule has 0 aromatic rings. The van der Waals surface area contributed by atoms with Gasteiger partial charge < -0.3 is 36.6 Å². The van der Waals surface area contributed by atoms with E-state index in [1.807, 2.05) is 4.90 Å². The van der Waals surface area contributed by atoms with E-state index in [-0.39, 0.29) is 87.6 Å². The van der Waals surface area contributed by atoms with Crippen LogP contribution >= 0.6 is 0 Å². The fraction of sp³-hybridized carbons (Fsp3) is 0.887. The summed E-state index contributed by atoms with van der Waals surface area (Å²) in [5, 5.41) is 22.0. The summed E-state index contributed by atoms with van der Waals surface area (Å²) in [6.07, 6.45) is 39.0. The van der Waals surface area contributed by atoms with Crippen LogP contribution in [0.4, 0.5) is 0 Å². The minimum Gasteiger partial charge on any atom is -0.395 e. The van der Waals surface area contributed by atoms with Crippen molar-refractivity contribution in [1.29, 1.82) is 0 Å². The number of aliphatic hydroxyl groups excluding tert-OH is 1. The summed E-state index contributed by atoms with van der Waals surface area (Å²) in [5.41, 5.74) is 0. The van der Waals surface area contributed by atoms with Crippen molar-refractivity contribution in [3.05, 3.63) is 0 Å². The maximum atomic E-state index is 13.9. The molecule has 1 aliphatic rings. The second-order valence-electron chi connectivity index (χ2n) is 19.4. The first kappa shape index (κ1) is 60.8. The van der Waals surface area contributed by atoms with Crippen LogP contribution in [-0.2, 0) is 28.8 Å². The summed E-state index contributed by atoms with van der Waals surface area (Å²) >= 11 is 0. The van der Waals surface area contributed by atoms with Crippen LogP contribution in [0.25, 0.3) is 0 Å². The van der Waals surface area contributed by atoms with E-state index in [4.69, 9.17) is 5.11 Å². The second-order valence-corrected chi connectivity index (χ2v) is 19.4. The van der Waals surface area contributed by atoms with Gasteiger partial charge in [-0.05, 0) is 39.5 Å². The Kier molecular flexibility index (Phi) is 38.6. The third-order valence-electron chi connectivity index (χ3n) is 13.3. The quantitative estimate of drug-likeness (QED) is 0.0259. The van der Waals surface area contributed by atoms with Crippen LogP contribution in [0.2, 0.25) is 0 Å². The molecule has 13 nitrogen and oxygen atoms in total. The summed E-state index contributed by atoms with van der Waals surface area (Å²) in [6.45, 7) is 8.47. The van der Waals surface area contributed by atoms with Crippen LogP contribution in [0.5, 0.6) is 0 Å². The fourth-order valence-corrected chi connectivity index (χ4v) is 9.17. The number of carbonyl (C=O) groups is 6. The molecule has 0 saturated carbocycles. The molecule has 13 heteroatoms. The molecule has 4 atom stereocenters. The largest absolute Gasteiger partial charge is 0.395 e. The molecule has 4 unspecified atom stereocenters. The number of hydrogen-bond donors (Lipinski definition) is 6. The highest BCUT2D eigenvalue weighted by Crippen LogP contribution is 2.21. The minimum atomic E-state index is -1.09. The Morgan fingerprint density at radius 3 is 1.41 bits per heavy atom. The lowest BCUT2D eigenvalue weighted by atomic mass is 10.00. The highest BCUT2D eigenvalue weighted by molar-refractivity contribution is 5.94. The van der Waals surface area contributed by atoms with Crippen LogP contribution in [0.1, 0.15) is 259 Å². The topological polar surface area (TPSA) is 186 Å². The van der Waals surface area contributed by atoms with E-state index in [9.17, 15) is 28.8 Å². The van der Waals surface area contributed by atoms with E-state index in [2.05, 4.69) is 54.3 Å². The molecule has 1 aliphatic heterocycles. The molecule has 0 aromatic carbocycles. The monoisotopic (exact) mass is 933 g/mol. The molecular weight excluding hydrogens is 833 g/mol. The average Bonchev–Trinajstić information content (AvgIpc) is 3.75. The molecule has 1 heterocycles. The van der Waals surface area contributed by atoms with Crippen molar-refractivity contribution in [2.24, 2.45) is 0 Å². The molecule has 1 rings (SSSR count). The molecule has 1 fully saturated rings. The number of nitrogens with zero attached hydrogens (tertiary/aromatic N) is 1. The van der Waals surface area contributed by atoms with Gasteiger partial charge in [-0.15, -0.1) is 0 Å². The molecule has 6 amide bonds. The van der Waals surface area contributed by atoms with E-state index in [0.717, 1.165) is 25.7 Å². The Balaban J connectivity index is 2.61. The summed E-state index contributed by atoms with van der Waals surface area (Å²) in [7, 11) is 0. The van der Waals surface area contributed by atoms with Crippen LogP contribution < -0.4 is 26.6 Å². The lowest BCUT2D eigenvalue weighted by Gasteiger charge is -2.35. The molecule has 0 aromatic heterocycles. The van der Waals surface area contributed by atoms with Gasteiger partial charge in [0.25, 0.3) is 0 Å². The molecule has 0 bridgehead atoms. The number of carbonyl (C=O) groups excluding carboxylic acids is 6. The number of aliphatic hydroxyl groups is 1. The van der Waals surface area contributed by atoms with E-state index < -0.39 is 23.9 Å². The normalized spacial score (nSPS) is 14.9. The molecule has 0 spiro atoms. The van der Waals surface area contributed by atoms with E-state index in [1.165, 1.54) is 167 Å². The zero-order chi connectivity index (χ0) is 48.5. The zero-order valence-corrected chi connectivity index (χ0v) is 42.7. The maximum absolute atomic E-state index is 13.9. The molecule has 1 saturated heterocycles. The Labute approximate surface area is 402 Å².